The summed E-state index contributed by atoms with van der Waals surface area (Å²) in [5, 5.41) is 2.90. The first-order chi connectivity index (χ1) is 15.4. The number of thioether (sulfide) groups is 1. The van der Waals surface area contributed by atoms with Crippen LogP contribution in [-0.2, 0) is 20.9 Å². The van der Waals surface area contributed by atoms with Crippen LogP contribution in [0.25, 0.3) is 0 Å². The number of carbonyl (C=O) groups excluding carboxylic acids is 2. The van der Waals surface area contributed by atoms with Crippen molar-refractivity contribution in [2.24, 2.45) is 0 Å². The van der Waals surface area contributed by atoms with Gasteiger partial charge in [0.25, 0.3) is 0 Å². The van der Waals surface area contributed by atoms with Crippen molar-refractivity contribution in [3.8, 4) is 0 Å². The Balaban J connectivity index is 1.33. The molecule has 1 aromatic heterocycles. The number of halogens is 1. The summed E-state index contributed by atoms with van der Waals surface area (Å²) < 4.78 is 18.6. The molecule has 0 spiro atoms. The number of nitrogens with one attached hydrogen (secondary N) is 1. The third kappa shape index (κ3) is 3.50. The van der Waals surface area contributed by atoms with Crippen molar-refractivity contribution >= 4 is 46.9 Å². The molecule has 5 rings (SSSR count). The second-order valence-electron chi connectivity index (χ2n) is 7.22. The number of benzene rings is 2. The van der Waals surface area contributed by atoms with Gasteiger partial charge in [-0.1, -0.05) is 23.9 Å². The predicted octanol–water partition coefficient (Wildman–Crippen LogP) is 3.01. The molecule has 1 fully saturated rings. The van der Waals surface area contributed by atoms with Gasteiger partial charge in [0.2, 0.25) is 17.8 Å². The summed E-state index contributed by atoms with van der Waals surface area (Å²) in [4.78, 5) is 39.1. The van der Waals surface area contributed by atoms with Crippen molar-refractivity contribution in [2.75, 3.05) is 16.0 Å². The summed E-state index contributed by atoms with van der Waals surface area (Å²) in [6.07, 6.45) is 0.613. The number of amides is 1. The molecule has 11 heteroatoms. The van der Waals surface area contributed by atoms with E-state index in [9.17, 15) is 14.0 Å². The van der Waals surface area contributed by atoms with Gasteiger partial charge in [0.15, 0.2) is 17.3 Å². The third-order valence-corrected chi connectivity index (χ3v) is 6.58. The number of nitrogens with zero attached hydrogens (tertiary/aromatic N) is 4. The smallest absolute Gasteiger partial charge is 0.343 e. The van der Waals surface area contributed by atoms with Crippen LogP contribution in [0.3, 0.4) is 0 Å². The van der Waals surface area contributed by atoms with Crippen LogP contribution in [0, 0.1) is 5.82 Å². The first-order valence-corrected chi connectivity index (χ1v) is 10.6. The lowest BCUT2D eigenvalue weighted by Gasteiger charge is -2.28. The molecule has 1 atom stereocenters. The molecule has 3 N–H and O–H groups in total. The summed E-state index contributed by atoms with van der Waals surface area (Å²) in [5.74, 6) is -0.818. The number of anilines is 4. The van der Waals surface area contributed by atoms with Gasteiger partial charge in [-0.25, -0.2) is 9.18 Å². The van der Waals surface area contributed by atoms with Crippen molar-refractivity contribution in [1.82, 2.24) is 15.0 Å². The number of hydrogen-bond donors (Lipinski definition) is 2. The average Bonchev–Trinajstić information content (AvgIpc) is 3.29. The van der Waals surface area contributed by atoms with E-state index in [2.05, 4.69) is 20.3 Å². The second-order valence-corrected chi connectivity index (χ2v) is 8.54. The van der Waals surface area contributed by atoms with E-state index >= 15 is 0 Å². The van der Waals surface area contributed by atoms with Gasteiger partial charge in [-0.3, -0.25) is 9.69 Å². The number of nitrogen functional groups attached to an aromatic ring is 1. The monoisotopic (exact) mass is 452 g/mol. The number of aromatic nitrogens is 3. The van der Waals surface area contributed by atoms with E-state index in [4.69, 9.17) is 10.5 Å². The molecule has 1 amide bonds. The molecule has 2 aliphatic rings. The zero-order valence-electron chi connectivity index (χ0n) is 16.6. The zero-order valence-corrected chi connectivity index (χ0v) is 17.4. The highest BCUT2D eigenvalue weighted by molar-refractivity contribution is 8.02. The number of rotatable bonds is 5. The number of hydrogen-bond acceptors (Lipinski definition) is 9. The Morgan fingerprint density at radius 1 is 1.19 bits per heavy atom. The van der Waals surface area contributed by atoms with E-state index in [0.717, 1.165) is 4.90 Å². The highest BCUT2D eigenvalue weighted by atomic mass is 32.2. The van der Waals surface area contributed by atoms with Crippen molar-refractivity contribution in [1.29, 1.82) is 0 Å². The number of carbonyl (C=O) groups is 2. The molecule has 32 heavy (non-hydrogen) atoms. The topological polar surface area (TPSA) is 123 Å². The van der Waals surface area contributed by atoms with Crippen LogP contribution in [0.5, 0.6) is 0 Å². The largest absolute Gasteiger partial charge is 0.455 e. The second kappa shape index (κ2) is 7.75. The summed E-state index contributed by atoms with van der Waals surface area (Å²) in [6, 6.07) is 13.0. The van der Waals surface area contributed by atoms with Crippen molar-refractivity contribution in [2.45, 2.75) is 29.2 Å². The van der Waals surface area contributed by atoms with E-state index < -0.39 is 10.8 Å². The van der Waals surface area contributed by atoms with Gasteiger partial charge in [-0.05, 0) is 36.4 Å². The van der Waals surface area contributed by atoms with Gasteiger partial charge < -0.3 is 15.8 Å². The lowest BCUT2D eigenvalue weighted by Crippen LogP contribution is -2.47. The van der Waals surface area contributed by atoms with Crippen LogP contribution in [0.4, 0.5) is 27.7 Å². The lowest BCUT2D eigenvalue weighted by atomic mass is 10.2. The number of para-hydroxylation sites is 1. The first kappa shape index (κ1) is 20.2. The van der Waals surface area contributed by atoms with Crippen LogP contribution < -0.4 is 16.0 Å². The van der Waals surface area contributed by atoms with Gasteiger partial charge in [0, 0.05) is 23.4 Å². The zero-order chi connectivity index (χ0) is 22.3. The van der Waals surface area contributed by atoms with Gasteiger partial charge in [0.05, 0.1) is 5.69 Å². The highest BCUT2D eigenvalue weighted by Gasteiger charge is 2.58. The molecular weight excluding hydrogens is 435 g/mol. The normalized spacial score (nSPS) is 18.9. The van der Waals surface area contributed by atoms with E-state index in [1.807, 2.05) is 24.3 Å². The summed E-state index contributed by atoms with van der Waals surface area (Å²) in [5.41, 5.74) is 7.04. The Morgan fingerprint density at radius 3 is 2.78 bits per heavy atom. The molecule has 0 saturated carbocycles. The Morgan fingerprint density at radius 2 is 1.97 bits per heavy atom. The molecule has 0 radical (unpaired) electrons. The van der Waals surface area contributed by atoms with Crippen LogP contribution in [0.2, 0.25) is 0 Å². The molecule has 1 saturated heterocycles. The standard InChI is InChI=1S/C21H17FN6O3S/c22-12-5-7-13(8-6-12)24-20-26-16(25-19(23)27-20)11-31-18(30)21-10-9-17(29)28(21)14-3-1-2-4-15(14)32-21/h1-8H,9-11H2,(H3,23,24,25,26,27)/t21-/m0/s1. The van der Waals surface area contributed by atoms with E-state index in [1.165, 1.54) is 40.9 Å². The van der Waals surface area contributed by atoms with Crippen LogP contribution in [-0.4, -0.2) is 31.7 Å². The Kier molecular flexibility index (Phi) is 4.89. The minimum Gasteiger partial charge on any atom is -0.455 e. The van der Waals surface area contributed by atoms with Gasteiger partial charge >= 0.3 is 5.97 Å². The lowest BCUT2D eigenvalue weighted by molar-refractivity contribution is -0.148. The van der Waals surface area contributed by atoms with Crippen molar-refractivity contribution in [3.05, 3.63) is 60.2 Å². The van der Waals surface area contributed by atoms with E-state index in [-0.39, 0.29) is 42.5 Å². The molecule has 3 heterocycles. The van der Waals surface area contributed by atoms with Gasteiger partial charge in [-0.2, -0.15) is 15.0 Å². The molecule has 3 aromatic rings. The summed E-state index contributed by atoms with van der Waals surface area (Å²) >= 11 is 1.32. The molecule has 0 aliphatic carbocycles. The maximum absolute atomic E-state index is 13.1. The number of esters is 1. The third-order valence-electron chi connectivity index (χ3n) is 5.12. The van der Waals surface area contributed by atoms with Gasteiger partial charge in [0.1, 0.15) is 5.82 Å². The maximum Gasteiger partial charge on any atom is 0.343 e. The Hall–Kier alpha value is -3.73. The van der Waals surface area contributed by atoms with Crippen molar-refractivity contribution in [3.63, 3.8) is 0 Å². The minimum absolute atomic E-state index is 0.0610. The fraction of sp³-hybridized carbons (Fsp3) is 0.190. The fourth-order valence-electron chi connectivity index (χ4n) is 3.74. The molecule has 0 bridgehead atoms. The molecule has 162 valence electrons. The minimum atomic E-state index is -1.13. The summed E-state index contributed by atoms with van der Waals surface area (Å²) in [6.45, 7) is -0.246. The van der Waals surface area contributed by atoms with E-state index in [1.54, 1.807) is 0 Å². The van der Waals surface area contributed by atoms with Crippen LogP contribution in [0.1, 0.15) is 18.7 Å². The average molecular weight is 452 g/mol. The molecule has 2 aliphatic heterocycles. The first-order valence-electron chi connectivity index (χ1n) is 9.76. The molecule has 9 nitrogen and oxygen atoms in total. The maximum atomic E-state index is 13.1. The highest BCUT2D eigenvalue weighted by Crippen LogP contribution is 2.56. The summed E-state index contributed by atoms with van der Waals surface area (Å²) in [7, 11) is 0. The number of nitrogens with two attached hydrogens (primary N) is 1. The SMILES string of the molecule is Nc1nc(COC(=O)[C@@]23CCC(=O)N2c2ccccc2S3)nc(Nc2ccc(F)cc2)n1. The van der Waals surface area contributed by atoms with Crippen LogP contribution in [0.15, 0.2) is 53.4 Å². The molecular formula is C21H17FN6O3S. The molecule has 2 aromatic carbocycles. The van der Waals surface area contributed by atoms with Crippen molar-refractivity contribution < 1.29 is 18.7 Å². The Labute approximate surface area is 186 Å². The van der Waals surface area contributed by atoms with Crippen LogP contribution >= 0.6 is 11.8 Å². The predicted molar refractivity (Wildman–Crippen MR) is 115 cm³/mol. The van der Waals surface area contributed by atoms with E-state index in [0.29, 0.717) is 17.8 Å². The quantitative estimate of drug-likeness (QED) is 0.562. The fourth-order valence-corrected chi connectivity index (χ4v) is 5.15. The molecule has 0 unspecified atom stereocenters. The van der Waals surface area contributed by atoms with Gasteiger partial charge in [-0.15, -0.1) is 0 Å². The number of ether oxygens (including phenoxy) is 1. The number of fused-ring (bicyclic) bond motifs is 3. The Bertz CT molecular complexity index is 1220.